The molecule has 2 N–H and O–H groups in total. The van der Waals surface area contributed by atoms with E-state index in [1.165, 1.54) is 0 Å². The van der Waals surface area contributed by atoms with Crippen molar-refractivity contribution in [1.29, 1.82) is 0 Å². The summed E-state index contributed by atoms with van der Waals surface area (Å²) in [4.78, 5) is 24.0. The molecule has 3 rings (SSSR count). The molecule has 0 heterocycles. The van der Waals surface area contributed by atoms with Gasteiger partial charge in [-0.1, -0.05) is 29.8 Å². The van der Waals surface area contributed by atoms with E-state index in [-0.39, 0.29) is 6.61 Å². The number of rotatable bonds is 9. The highest BCUT2D eigenvalue weighted by molar-refractivity contribution is 6.30. The van der Waals surface area contributed by atoms with Gasteiger partial charge in [0.25, 0.3) is 11.8 Å². The molecule has 0 fully saturated rings. The van der Waals surface area contributed by atoms with Crippen molar-refractivity contribution in [2.45, 2.75) is 0 Å². The summed E-state index contributed by atoms with van der Waals surface area (Å²) in [5, 5.41) is 0.570. The van der Waals surface area contributed by atoms with Gasteiger partial charge in [-0.15, -0.1) is 0 Å². The maximum atomic E-state index is 12.1. The predicted molar refractivity (Wildman–Crippen MR) is 116 cm³/mol. The molecule has 0 atom stereocenters. The average Bonchev–Trinajstić information content (AvgIpc) is 2.81. The van der Waals surface area contributed by atoms with Crippen LogP contribution in [0.4, 0.5) is 0 Å². The van der Waals surface area contributed by atoms with Gasteiger partial charge in [0.2, 0.25) is 0 Å². The molecule has 0 aliphatic carbocycles. The minimum atomic E-state index is -0.498. The number of hydrazine groups is 1. The fraction of sp³-hybridized carbons (Fsp3) is 0.130. The molecule has 3 aromatic carbocycles. The number of hydrogen-bond donors (Lipinski definition) is 2. The van der Waals surface area contributed by atoms with Crippen LogP contribution in [0.1, 0.15) is 10.4 Å². The van der Waals surface area contributed by atoms with Crippen molar-refractivity contribution in [1.82, 2.24) is 10.9 Å². The first-order chi connectivity index (χ1) is 15.1. The predicted octanol–water partition coefficient (Wildman–Crippen LogP) is 3.64. The molecule has 0 saturated carbocycles. The van der Waals surface area contributed by atoms with Gasteiger partial charge in [-0.05, 0) is 60.7 Å². The van der Waals surface area contributed by atoms with E-state index in [0.29, 0.717) is 35.3 Å². The summed E-state index contributed by atoms with van der Waals surface area (Å²) in [6.45, 7) is 0.514. The summed E-state index contributed by atoms with van der Waals surface area (Å²) in [6.07, 6.45) is 0. The second-order valence-corrected chi connectivity index (χ2v) is 6.72. The van der Waals surface area contributed by atoms with Crippen molar-refractivity contribution in [2.75, 3.05) is 19.8 Å². The second-order valence-electron chi connectivity index (χ2n) is 6.28. The number of amides is 2. The number of hydrogen-bond acceptors (Lipinski definition) is 5. The van der Waals surface area contributed by atoms with E-state index in [1.54, 1.807) is 48.5 Å². The molecular formula is C23H21ClN2O5. The standard InChI is InChI=1S/C23H21ClN2O5/c24-18-8-12-21(13-9-18)31-16-22(27)25-26-23(28)17-6-10-20(11-7-17)30-15-14-29-19-4-2-1-3-5-19/h1-13H,14-16H2,(H,25,27)(H,26,28). The zero-order chi connectivity index (χ0) is 21.9. The Morgan fingerprint density at radius 2 is 1.23 bits per heavy atom. The van der Waals surface area contributed by atoms with Gasteiger partial charge in [-0.25, -0.2) is 0 Å². The molecular weight excluding hydrogens is 420 g/mol. The SMILES string of the molecule is O=C(COc1ccc(Cl)cc1)NNC(=O)c1ccc(OCCOc2ccccc2)cc1. The van der Waals surface area contributed by atoms with Crippen LogP contribution >= 0.6 is 11.6 Å². The van der Waals surface area contributed by atoms with Crippen LogP contribution in [0.15, 0.2) is 78.9 Å². The lowest BCUT2D eigenvalue weighted by Gasteiger charge is -2.10. The van der Waals surface area contributed by atoms with Gasteiger partial charge in [0.05, 0.1) is 0 Å². The normalized spacial score (nSPS) is 10.1. The van der Waals surface area contributed by atoms with E-state index in [0.717, 1.165) is 5.75 Å². The number of carbonyl (C=O) groups is 2. The number of halogens is 1. The van der Waals surface area contributed by atoms with Crippen LogP contribution in [-0.2, 0) is 4.79 Å². The average molecular weight is 441 g/mol. The van der Waals surface area contributed by atoms with Gasteiger partial charge in [0.1, 0.15) is 30.5 Å². The van der Waals surface area contributed by atoms with Gasteiger partial charge < -0.3 is 14.2 Å². The van der Waals surface area contributed by atoms with E-state index < -0.39 is 11.8 Å². The van der Waals surface area contributed by atoms with Gasteiger partial charge in [-0.2, -0.15) is 0 Å². The van der Waals surface area contributed by atoms with Crippen LogP contribution < -0.4 is 25.1 Å². The fourth-order valence-electron chi connectivity index (χ4n) is 2.45. The quantitative estimate of drug-likeness (QED) is 0.392. The molecule has 0 aliphatic rings. The molecule has 0 unspecified atom stereocenters. The molecule has 0 saturated heterocycles. The molecule has 7 nitrogen and oxygen atoms in total. The van der Waals surface area contributed by atoms with Gasteiger partial charge >= 0.3 is 0 Å². The zero-order valence-corrected chi connectivity index (χ0v) is 17.3. The Labute approximate surface area is 184 Å². The molecule has 0 aliphatic heterocycles. The molecule has 2 amide bonds. The summed E-state index contributed by atoms with van der Waals surface area (Å²) in [7, 11) is 0. The number of para-hydroxylation sites is 1. The number of benzene rings is 3. The Hall–Kier alpha value is -3.71. The molecule has 160 valence electrons. The smallest absolute Gasteiger partial charge is 0.276 e. The van der Waals surface area contributed by atoms with Crippen molar-refractivity contribution in [2.24, 2.45) is 0 Å². The van der Waals surface area contributed by atoms with E-state index in [9.17, 15) is 9.59 Å². The largest absolute Gasteiger partial charge is 0.490 e. The zero-order valence-electron chi connectivity index (χ0n) is 16.5. The first kappa shape index (κ1) is 22.0. The third-order valence-corrected chi connectivity index (χ3v) is 4.23. The van der Waals surface area contributed by atoms with Crippen molar-refractivity contribution in [3.05, 3.63) is 89.4 Å². The summed E-state index contributed by atoms with van der Waals surface area (Å²) in [5.74, 6) is 0.920. The van der Waals surface area contributed by atoms with Gasteiger partial charge in [0, 0.05) is 10.6 Å². The topological polar surface area (TPSA) is 85.9 Å². The highest BCUT2D eigenvalue weighted by Crippen LogP contribution is 2.15. The van der Waals surface area contributed by atoms with E-state index in [1.807, 2.05) is 30.3 Å². The van der Waals surface area contributed by atoms with Crippen molar-refractivity contribution in [3.63, 3.8) is 0 Å². The highest BCUT2D eigenvalue weighted by atomic mass is 35.5. The third kappa shape index (κ3) is 7.56. The monoisotopic (exact) mass is 440 g/mol. The lowest BCUT2D eigenvalue weighted by Crippen LogP contribution is -2.43. The maximum Gasteiger partial charge on any atom is 0.276 e. The van der Waals surface area contributed by atoms with E-state index in [2.05, 4.69) is 10.9 Å². The van der Waals surface area contributed by atoms with Crippen molar-refractivity contribution in [3.8, 4) is 17.2 Å². The Morgan fingerprint density at radius 3 is 1.87 bits per heavy atom. The second kappa shape index (κ2) is 11.5. The first-order valence-corrected chi connectivity index (χ1v) is 9.86. The van der Waals surface area contributed by atoms with Crippen molar-refractivity contribution >= 4 is 23.4 Å². The van der Waals surface area contributed by atoms with Crippen LogP contribution in [-0.4, -0.2) is 31.6 Å². The molecule has 31 heavy (non-hydrogen) atoms. The van der Waals surface area contributed by atoms with Crippen LogP contribution in [0.5, 0.6) is 17.2 Å². The summed E-state index contributed by atoms with van der Waals surface area (Å²) in [6, 6.07) is 22.6. The minimum Gasteiger partial charge on any atom is -0.490 e. The fourth-order valence-corrected chi connectivity index (χ4v) is 2.58. The molecule has 0 radical (unpaired) electrons. The summed E-state index contributed by atoms with van der Waals surface area (Å²) < 4.78 is 16.4. The maximum absolute atomic E-state index is 12.1. The van der Waals surface area contributed by atoms with Gasteiger partial charge in [-0.3, -0.25) is 20.4 Å². The number of carbonyl (C=O) groups excluding carboxylic acids is 2. The number of ether oxygens (including phenoxy) is 3. The first-order valence-electron chi connectivity index (χ1n) is 9.48. The van der Waals surface area contributed by atoms with Crippen LogP contribution in [0.2, 0.25) is 5.02 Å². The lowest BCUT2D eigenvalue weighted by molar-refractivity contribution is -0.123. The van der Waals surface area contributed by atoms with E-state index >= 15 is 0 Å². The van der Waals surface area contributed by atoms with Crippen LogP contribution in [0.3, 0.4) is 0 Å². The minimum absolute atomic E-state index is 0.250. The van der Waals surface area contributed by atoms with Crippen LogP contribution in [0, 0.1) is 0 Å². The van der Waals surface area contributed by atoms with Gasteiger partial charge in [0.15, 0.2) is 6.61 Å². The molecule has 0 aromatic heterocycles. The Kier molecular flexibility index (Phi) is 8.13. The summed E-state index contributed by atoms with van der Waals surface area (Å²) in [5.41, 5.74) is 5.00. The number of nitrogens with one attached hydrogen (secondary N) is 2. The van der Waals surface area contributed by atoms with Crippen molar-refractivity contribution < 1.29 is 23.8 Å². The highest BCUT2D eigenvalue weighted by Gasteiger charge is 2.08. The van der Waals surface area contributed by atoms with E-state index in [4.69, 9.17) is 25.8 Å². The molecule has 0 spiro atoms. The van der Waals surface area contributed by atoms with Crippen LogP contribution in [0.25, 0.3) is 0 Å². The Balaban J connectivity index is 1.35. The summed E-state index contributed by atoms with van der Waals surface area (Å²) >= 11 is 5.79. The molecule has 8 heteroatoms. The lowest BCUT2D eigenvalue weighted by atomic mass is 10.2. The Bertz CT molecular complexity index is 979. The Morgan fingerprint density at radius 1 is 0.677 bits per heavy atom. The molecule has 0 bridgehead atoms. The third-order valence-electron chi connectivity index (χ3n) is 3.98. The molecule has 3 aromatic rings.